The third-order valence-electron chi connectivity index (χ3n) is 4.23. The molecular weight excluding hydrogens is 423 g/mol. The number of carbonyl (C=O) groups is 2. The molecule has 0 saturated heterocycles. The number of carbonyl (C=O) groups excluding carboxylic acids is 2. The first-order valence-electron chi connectivity index (χ1n) is 9.62. The summed E-state index contributed by atoms with van der Waals surface area (Å²) < 4.78 is 38.9. The van der Waals surface area contributed by atoms with Gasteiger partial charge in [-0.25, -0.2) is 9.78 Å². The molecule has 3 rings (SSSR count). The van der Waals surface area contributed by atoms with Crippen LogP contribution >= 0.6 is 0 Å². The number of urea groups is 1. The van der Waals surface area contributed by atoms with Crippen LogP contribution in [0.3, 0.4) is 0 Å². The van der Waals surface area contributed by atoms with Crippen molar-refractivity contribution in [1.82, 2.24) is 10.3 Å². The summed E-state index contributed by atoms with van der Waals surface area (Å²) in [6.07, 6.45) is -3.30. The summed E-state index contributed by atoms with van der Waals surface area (Å²) in [5.41, 5.74) is 0.156. The number of alkyl halides is 3. The molecule has 0 unspecified atom stereocenters. The molecule has 0 spiro atoms. The quantitative estimate of drug-likeness (QED) is 0.419. The first-order chi connectivity index (χ1) is 15.3. The van der Waals surface area contributed by atoms with Crippen molar-refractivity contribution in [3.8, 4) is 0 Å². The van der Waals surface area contributed by atoms with Crippen molar-refractivity contribution in [2.75, 3.05) is 22.5 Å². The van der Waals surface area contributed by atoms with Gasteiger partial charge in [-0.1, -0.05) is 24.3 Å². The maximum atomic E-state index is 13.0. The molecule has 0 saturated carbocycles. The number of rotatable bonds is 6. The van der Waals surface area contributed by atoms with Crippen LogP contribution in [0.15, 0.2) is 66.9 Å². The summed E-state index contributed by atoms with van der Waals surface area (Å²) in [5, 5.41) is 10.6. The minimum absolute atomic E-state index is 0.0139. The molecule has 0 radical (unpaired) electrons. The number of pyridine rings is 1. The van der Waals surface area contributed by atoms with E-state index in [1.807, 2.05) is 6.07 Å². The van der Waals surface area contributed by atoms with E-state index < -0.39 is 23.7 Å². The van der Waals surface area contributed by atoms with Crippen LogP contribution in [0, 0.1) is 0 Å². The van der Waals surface area contributed by atoms with Crippen LogP contribution in [0.1, 0.15) is 22.8 Å². The minimum Gasteiger partial charge on any atom is -0.355 e. The number of hydrogen-bond acceptors (Lipinski definition) is 4. The Kier molecular flexibility index (Phi) is 6.93. The Morgan fingerprint density at radius 1 is 0.938 bits per heavy atom. The van der Waals surface area contributed by atoms with Crippen molar-refractivity contribution in [3.05, 3.63) is 78.0 Å². The largest absolute Gasteiger partial charge is 0.416 e. The molecule has 0 atom stereocenters. The lowest BCUT2D eigenvalue weighted by Gasteiger charge is -2.15. The molecule has 166 valence electrons. The Labute approximate surface area is 182 Å². The molecule has 1 aromatic heterocycles. The average molecular weight is 443 g/mol. The zero-order chi connectivity index (χ0) is 23.1. The summed E-state index contributed by atoms with van der Waals surface area (Å²) in [7, 11) is 0. The highest BCUT2D eigenvalue weighted by Crippen LogP contribution is 2.31. The van der Waals surface area contributed by atoms with Crippen molar-refractivity contribution < 1.29 is 22.8 Å². The fourth-order valence-corrected chi connectivity index (χ4v) is 2.78. The van der Waals surface area contributed by atoms with Crippen LogP contribution < -0.4 is 21.3 Å². The average Bonchev–Trinajstić information content (AvgIpc) is 2.74. The summed E-state index contributed by atoms with van der Waals surface area (Å²) in [5.74, 6) is -0.482. The number of hydrogen-bond donors (Lipinski definition) is 4. The summed E-state index contributed by atoms with van der Waals surface area (Å²) in [4.78, 5) is 28.7. The Hall–Kier alpha value is -4.08. The number of amides is 3. The second-order valence-corrected chi connectivity index (χ2v) is 6.62. The van der Waals surface area contributed by atoms with Gasteiger partial charge in [0.25, 0.3) is 5.91 Å². The predicted molar refractivity (Wildman–Crippen MR) is 116 cm³/mol. The molecule has 2 aromatic carbocycles. The first-order valence-corrected chi connectivity index (χ1v) is 9.62. The van der Waals surface area contributed by atoms with Gasteiger partial charge in [0.2, 0.25) is 0 Å². The number of nitrogens with one attached hydrogen (secondary N) is 4. The number of aromatic nitrogens is 1. The van der Waals surface area contributed by atoms with E-state index in [1.165, 1.54) is 24.4 Å². The van der Waals surface area contributed by atoms with Crippen molar-refractivity contribution in [2.24, 2.45) is 0 Å². The van der Waals surface area contributed by atoms with Gasteiger partial charge in [-0.15, -0.1) is 0 Å². The van der Waals surface area contributed by atoms with E-state index in [9.17, 15) is 22.8 Å². The number of halogens is 3. The van der Waals surface area contributed by atoms with Crippen LogP contribution in [0.2, 0.25) is 0 Å². The predicted octanol–water partition coefficient (Wildman–Crippen LogP) is 5.24. The van der Waals surface area contributed by atoms with Gasteiger partial charge in [-0.2, -0.15) is 13.2 Å². The van der Waals surface area contributed by atoms with Gasteiger partial charge in [0.15, 0.2) is 0 Å². The van der Waals surface area contributed by atoms with Gasteiger partial charge in [0, 0.05) is 30.2 Å². The van der Waals surface area contributed by atoms with E-state index in [0.29, 0.717) is 17.9 Å². The van der Waals surface area contributed by atoms with Crippen molar-refractivity contribution >= 4 is 34.8 Å². The summed E-state index contributed by atoms with van der Waals surface area (Å²) >= 11 is 0. The molecule has 0 aliphatic heterocycles. The highest BCUT2D eigenvalue weighted by Gasteiger charge is 2.30. The van der Waals surface area contributed by atoms with Crippen LogP contribution in [0.4, 0.5) is 40.8 Å². The first kappa shape index (κ1) is 22.6. The maximum Gasteiger partial charge on any atom is 0.416 e. The molecule has 3 aromatic rings. The Balaban J connectivity index is 1.89. The number of para-hydroxylation sites is 1. The van der Waals surface area contributed by atoms with E-state index >= 15 is 0 Å². The summed E-state index contributed by atoms with van der Waals surface area (Å²) in [6, 6.07) is 14.3. The molecule has 10 heteroatoms. The Morgan fingerprint density at radius 2 is 1.66 bits per heavy atom. The minimum atomic E-state index is -4.53. The molecule has 3 amide bonds. The molecule has 0 aliphatic carbocycles. The molecule has 32 heavy (non-hydrogen) atoms. The van der Waals surface area contributed by atoms with Gasteiger partial charge in [-0.05, 0) is 37.3 Å². The zero-order valence-electron chi connectivity index (χ0n) is 17.0. The van der Waals surface area contributed by atoms with Crippen LogP contribution in [-0.2, 0) is 6.18 Å². The molecule has 1 heterocycles. The SMILES string of the molecule is CCNC(=O)Nc1cc(Nc2ccccc2)c(C(=O)Nc2cccc(C(F)(F)F)c2)cn1. The van der Waals surface area contributed by atoms with E-state index in [4.69, 9.17) is 0 Å². The molecule has 4 N–H and O–H groups in total. The smallest absolute Gasteiger partial charge is 0.355 e. The highest BCUT2D eigenvalue weighted by atomic mass is 19.4. The van der Waals surface area contributed by atoms with Crippen LogP contribution in [-0.4, -0.2) is 23.5 Å². The van der Waals surface area contributed by atoms with Crippen LogP contribution in [0.5, 0.6) is 0 Å². The number of anilines is 4. The third-order valence-corrected chi connectivity index (χ3v) is 4.23. The van der Waals surface area contributed by atoms with E-state index in [2.05, 4.69) is 26.3 Å². The zero-order valence-corrected chi connectivity index (χ0v) is 17.0. The lowest BCUT2D eigenvalue weighted by Crippen LogP contribution is -2.28. The number of benzene rings is 2. The Bertz CT molecular complexity index is 1100. The topological polar surface area (TPSA) is 95.2 Å². The maximum absolute atomic E-state index is 13.0. The van der Waals surface area contributed by atoms with Crippen molar-refractivity contribution in [1.29, 1.82) is 0 Å². The molecule has 0 fully saturated rings. The van der Waals surface area contributed by atoms with Crippen molar-refractivity contribution in [3.63, 3.8) is 0 Å². The van der Waals surface area contributed by atoms with Gasteiger partial charge in [0.1, 0.15) is 5.82 Å². The molecular formula is C22H20F3N5O2. The third kappa shape index (κ3) is 5.97. The molecule has 7 nitrogen and oxygen atoms in total. The second kappa shape index (κ2) is 9.82. The standard InChI is InChI=1S/C22H20F3N5O2/c1-2-26-21(32)30-19-12-18(28-15-8-4-3-5-9-15)17(13-27-19)20(31)29-16-10-6-7-14(11-16)22(23,24)25/h3-13H,2H2,1H3,(H,29,31)(H3,26,27,28,30,32). The fraction of sp³-hybridized carbons (Fsp3) is 0.136. The van der Waals surface area contributed by atoms with E-state index in [0.717, 1.165) is 12.1 Å². The summed E-state index contributed by atoms with van der Waals surface area (Å²) in [6.45, 7) is 2.18. The van der Waals surface area contributed by atoms with Crippen molar-refractivity contribution in [2.45, 2.75) is 13.1 Å². The second-order valence-electron chi connectivity index (χ2n) is 6.62. The van der Waals surface area contributed by atoms with E-state index in [-0.39, 0.29) is 17.1 Å². The Morgan fingerprint density at radius 3 is 2.34 bits per heavy atom. The molecule has 0 bridgehead atoms. The molecule has 0 aliphatic rings. The highest BCUT2D eigenvalue weighted by molar-refractivity contribution is 6.08. The lowest BCUT2D eigenvalue weighted by atomic mass is 10.1. The van der Waals surface area contributed by atoms with Gasteiger partial charge in [0.05, 0.1) is 16.8 Å². The lowest BCUT2D eigenvalue weighted by molar-refractivity contribution is -0.137. The monoisotopic (exact) mass is 443 g/mol. The van der Waals surface area contributed by atoms with E-state index in [1.54, 1.807) is 31.2 Å². The van der Waals surface area contributed by atoms with Crippen LogP contribution in [0.25, 0.3) is 0 Å². The van der Waals surface area contributed by atoms with Gasteiger partial charge >= 0.3 is 12.2 Å². The number of nitrogens with zero attached hydrogens (tertiary/aromatic N) is 1. The van der Waals surface area contributed by atoms with Gasteiger partial charge < -0.3 is 16.0 Å². The normalized spacial score (nSPS) is 10.9. The van der Waals surface area contributed by atoms with Gasteiger partial charge in [-0.3, -0.25) is 10.1 Å². The fourth-order valence-electron chi connectivity index (χ4n) is 2.78.